The highest BCUT2D eigenvalue weighted by Gasteiger charge is 2.29. The molecule has 1 aliphatic carbocycles. The number of likely N-dealkylation sites (N-methyl/N-ethyl adjacent to an activating group) is 2. The molecule has 1 fully saturated rings. The smallest absolute Gasteiger partial charge is 0.233 e. The molecule has 0 radical (unpaired) electrons. The van der Waals surface area contributed by atoms with E-state index >= 15 is 0 Å². The van der Waals surface area contributed by atoms with Crippen LogP contribution in [0.25, 0.3) is 0 Å². The van der Waals surface area contributed by atoms with Crippen LogP contribution in [0.5, 0.6) is 0 Å². The first-order valence-electron chi connectivity index (χ1n) is 4.74. The zero-order chi connectivity index (χ0) is 9.84. The van der Waals surface area contributed by atoms with Crippen molar-refractivity contribution in [2.75, 3.05) is 20.6 Å². The van der Waals surface area contributed by atoms with Crippen LogP contribution >= 0.6 is 0 Å². The number of nitrogens with one attached hydrogen (secondary N) is 1. The predicted molar refractivity (Wildman–Crippen MR) is 50.3 cm³/mol. The largest absolute Gasteiger partial charge is 0.391 e. The number of carbonyl (C=O) groups is 1. The van der Waals surface area contributed by atoms with Crippen molar-refractivity contribution in [2.24, 2.45) is 0 Å². The predicted octanol–water partition coefficient (Wildman–Crippen LogP) is -0.422. The summed E-state index contributed by atoms with van der Waals surface area (Å²) in [5.41, 5.74) is 0. The highest BCUT2D eigenvalue weighted by atomic mass is 16.3. The molecule has 4 nitrogen and oxygen atoms in total. The monoisotopic (exact) mass is 186 g/mol. The Morgan fingerprint density at radius 2 is 2.31 bits per heavy atom. The van der Waals surface area contributed by atoms with Gasteiger partial charge in [-0.25, -0.2) is 0 Å². The molecule has 0 spiro atoms. The van der Waals surface area contributed by atoms with E-state index in [1.165, 1.54) is 0 Å². The van der Waals surface area contributed by atoms with Crippen molar-refractivity contribution in [1.82, 2.24) is 10.2 Å². The summed E-state index contributed by atoms with van der Waals surface area (Å²) in [7, 11) is 3.51. The summed E-state index contributed by atoms with van der Waals surface area (Å²) < 4.78 is 0. The number of carbonyl (C=O) groups excluding carboxylic acids is 1. The van der Waals surface area contributed by atoms with Gasteiger partial charge in [-0.2, -0.15) is 0 Å². The van der Waals surface area contributed by atoms with Crippen molar-refractivity contribution in [2.45, 2.75) is 31.4 Å². The summed E-state index contributed by atoms with van der Waals surface area (Å²) in [6.45, 7) is 0.373. The van der Waals surface area contributed by atoms with Gasteiger partial charge in [-0.3, -0.25) is 9.69 Å². The lowest BCUT2D eigenvalue weighted by Crippen LogP contribution is -2.43. The summed E-state index contributed by atoms with van der Waals surface area (Å²) in [6.07, 6.45) is 2.66. The number of aliphatic hydroxyl groups is 1. The number of nitrogens with zero attached hydrogens (tertiary/aromatic N) is 1. The van der Waals surface area contributed by atoms with Crippen molar-refractivity contribution in [3.8, 4) is 0 Å². The fourth-order valence-corrected chi connectivity index (χ4v) is 1.86. The summed E-state index contributed by atoms with van der Waals surface area (Å²) >= 11 is 0. The SMILES string of the molecule is CNC(=O)CN(C)[C@@H]1CCC[C@H]1O. The molecular formula is C9H18N2O2. The zero-order valence-electron chi connectivity index (χ0n) is 8.29. The lowest BCUT2D eigenvalue weighted by molar-refractivity contribution is -0.122. The maximum absolute atomic E-state index is 11.1. The molecule has 0 aliphatic heterocycles. The Morgan fingerprint density at radius 3 is 2.77 bits per heavy atom. The van der Waals surface area contributed by atoms with Gasteiger partial charge in [-0.1, -0.05) is 0 Å². The molecule has 2 atom stereocenters. The van der Waals surface area contributed by atoms with Gasteiger partial charge in [0.15, 0.2) is 0 Å². The van der Waals surface area contributed by atoms with Gasteiger partial charge in [0.05, 0.1) is 12.6 Å². The van der Waals surface area contributed by atoms with Gasteiger partial charge in [0.1, 0.15) is 0 Å². The molecule has 0 aromatic carbocycles. The third-order valence-electron chi connectivity index (χ3n) is 2.68. The molecule has 76 valence electrons. The second-order valence-electron chi connectivity index (χ2n) is 3.65. The van der Waals surface area contributed by atoms with E-state index in [0.717, 1.165) is 19.3 Å². The summed E-state index contributed by atoms with van der Waals surface area (Å²) in [6, 6.07) is 0.164. The Balaban J connectivity index is 2.38. The van der Waals surface area contributed by atoms with E-state index in [-0.39, 0.29) is 18.1 Å². The Bertz CT molecular complexity index is 184. The van der Waals surface area contributed by atoms with Gasteiger partial charge in [0.25, 0.3) is 0 Å². The molecule has 0 heterocycles. The van der Waals surface area contributed by atoms with Crippen LogP contribution in [-0.2, 0) is 4.79 Å². The van der Waals surface area contributed by atoms with E-state index in [0.29, 0.717) is 6.54 Å². The number of aliphatic hydroxyl groups excluding tert-OH is 1. The quantitative estimate of drug-likeness (QED) is 0.629. The highest BCUT2D eigenvalue weighted by Crippen LogP contribution is 2.22. The number of rotatable bonds is 3. The number of amides is 1. The van der Waals surface area contributed by atoms with Gasteiger partial charge in [0.2, 0.25) is 5.91 Å². The Hall–Kier alpha value is -0.610. The van der Waals surface area contributed by atoms with Crippen LogP contribution in [0.15, 0.2) is 0 Å². The van der Waals surface area contributed by atoms with Gasteiger partial charge in [0, 0.05) is 13.1 Å². The Kier molecular flexibility index (Phi) is 3.69. The zero-order valence-corrected chi connectivity index (χ0v) is 8.29. The summed E-state index contributed by atoms with van der Waals surface area (Å²) in [5.74, 6) is 0.00148. The van der Waals surface area contributed by atoms with E-state index in [1.54, 1.807) is 7.05 Å². The van der Waals surface area contributed by atoms with Crippen LogP contribution in [0.1, 0.15) is 19.3 Å². The summed E-state index contributed by atoms with van der Waals surface area (Å²) in [5, 5.41) is 12.1. The molecule has 1 rings (SSSR count). The molecule has 2 N–H and O–H groups in total. The first-order chi connectivity index (χ1) is 6.15. The molecule has 4 heteroatoms. The fourth-order valence-electron chi connectivity index (χ4n) is 1.86. The van der Waals surface area contributed by atoms with Crippen LogP contribution in [-0.4, -0.2) is 48.7 Å². The van der Waals surface area contributed by atoms with E-state index in [1.807, 2.05) is 11.9 Å². The number of hydrogen-bond donors (Lipinski definition) is 2. The van der Waals surface area contributed by atoms with E-state index in [4.69, 9.17) is 0 Å². The van der Waals surface area contributed by atoms with Gasteiger partial charge < -0.3 is 10.4 Å². The molecule has 0 aromatic rings. The Morgan fingerprint density at radius 1 is 1.62 bits per heavy atom. The van der Waals surface area contributed by atoms with Crippen molar-refractivity contribution < 1.29 is 9.90 Å². The van der Waals surface area contributed by atoms with Crippen LogP contribution in [0.3, 0.4) is 0 Å². The van der Waals surface area contributed by atoms with E-state index in [2.05, 4.69) is 5.32 Å². The third kappa shape index (κ3) is 2.67. The van der Waals surface area contributed by atoms with Crippen molar-refractivity contribution in [3.63, 3.8) is 0 Å². The molecule has 0 unspecified atom stereocenters. The maximum atomic E-state index is 11.1. The average molecular weight is 186 g/mol. The normalized spacial score (nSPS) is 28.0. The van der Waals surface area contributed by atoms with Crippen LogP contribution in [0.2, 0.25) is 0 Å². The average Bonchev–Trinajstić information content (AvgIpc) is 2.51. The third-order valence-corrected chi connectivity index (χ3v) is 2.68. The minimum absolute atomic E-state index is 0.00148. The summed E-state index contributed by atoms with van der Waals surface area (Å²) in [4.78, 5) is 13.0. The maximum Gasteiger partial charge on any atom is 0.233 e. The lowest BCUT2D eigenvalue weighted by atomic mass is 10.2. The van der Waals surface area contributed by atoms with Crippen molar-refractivity contribution in [1.29, 1.82) is 0 Å². The van der Waals surface area contributed by atoms with Gasteiger partial charge in [-0.05, 0) is 26.3 Å². The first-order valence-corrected chi connectivity index (χ1v) is 4.74. The molecule has 1 amide bonds. The van der Waals surface area contributed by atoms with E-state index in [9.17, 15) is 9.90 Å². The topological polar surface area (TPSA) is 52.6 Å². The standard InChI is InChI=1S/C9H18N2O2/c1-10-9(13)6-11(2)7-4-3-5-8(7)12/h7-8,12H,3-6H2,1-2H3,(H,10,13)/t7-,8-/m1/s1. The minimum Gasteiger partial charge on any atom is -0.391 e. The molecular weight excluding hydrogens is 168 g/mol. The van der Waals surface area contributed by atoms with Crippen molar-refractivity contribution >= 4 is 5.91 Å². The van der Waals surface area contributed by atoms with Crippen LogP contribution in [0, 0.1) is 0 Å². The lowest BCUT2D eigenvalue weighted by Gasteiger charge is -2.25. The van der Waals surface area contributed by atoms with Gasteiger partial charge in [-0.15, -0.1) is 0 Å². The molecule has 13 heavy (non-hydrogen) atoms. The fraction of sp³-hybridized carbons (Fsp3) is 0.889. The van der Waals surface area contributed by atoms with Gasteiger partial charge >= 0.3 is 0 Å². The number of hydrogen-bond acceptors (Lipinski definition) is 3. The second-order valence-corrected chi connectivity index (χ2v) is 3.65. The second kappa shape index (κ2) is 4.58. The van der Waals surface area contributed by atoms with Crippen molar-refractivity contribution in [3.05, 3.63) is 0 Å². The molecule has 0 aromatic heterocycles. The minimum atomic E-state index is -0.255. The molecule has 0 bridgehead atoms. The highest BCUT2D eigenvalue weighted by molar-refractivity contribution is 5.77. The molecule has 0 saturated heterocycles. The first kappa shape index (κ1) is 10.5. The Labute approximate surface area is 78.9 Å². The van der Waals surface area contributed by atoms with E-state index < -0.39 is 0 Å². The molecule has 1 saturated carbocycles. The molecule has 1 aliphatic rings. The van der Waals surface area contributed by atoms with Crippen LogP contribution < -0.4 is 5.32 Å². The van der Waals surface area contributed by atoms with Crippen LogP contribution in [0.4, 0.5) is 0 Å².